The van der Waals surface area contributed by atoms with E-state index in [1.807, 2.05) is 6.92 Å². The Morgan fingerprint density at radius 3 is 2.81 bits per heavy atom. The minimum Gasteiger partial charge on any atom is -0.395 e. The highest BCUT2D eigenvalue weighted by Crippen LogP contribution is 2.39. The largest absolute Gasteiger partial charge is 0.395 e. The van der Waals surface area contributed by atoms with E-state index in [2.05, 4.69) is 17.2 Å². The summed E-state index contributed by atoms with van der Waals surface area (Å²) in [6.07, 6.45) is 4.48. The Hall–Kier alpha value is -1.50. The molecule has 0 spiro atoms. The third kappa shape index (κ3) is 4.00. The summed E-state index contributed by atoms with van der Waals surface area (Å²) in [4.78, 5) is 12.4. The molecule has 0 saturated heterocycles. The first-order valence-corrected chi connectivity index (χ1v) is 7.64. The first kappa shape index (κ1) is 15.9. The van der Waals surface area contributed by atoms with Gasteiger partial charge in [-0.3, -0.25) is 4.79 Å². The highest BCUT2D eigenvalue weighted by atomic mass is 35.5. The van der Waals surface area contributed by atoms with Crippen LogP contribution in [-0.2, 0) is 4.79 Å². The van der Waals surface area contributed by atoms with Crippen molar-refractivity contribution < 1.29 is 9.90 Å². The van der Waals surface area contributed by atoms with Gasteiger partial charge < -0.3 is 10.4 Å². The van der Waals surface area contributed by atoms with Crippen LogP contribution in [0.25, 0.3) is 0 Å². The Morgan fingerprint density at radius 1 is 1.43 bits per heavy atom. The van der Waals surface area contributed by atoms with Crippen molar-refractivity contribution in [2.75, 3.05) is 11.9 Å². The Labute approximate surface area is 130 Å². The maximum atomic E-state index is 12.4. The Kier molecular flexibility index (Phi) is 5.27. The molecule has 2 N–H and O–H groups in total. The topological polar surface area (TPSA) is 49.3 Å². The van der Waals surface area contributed by atoms with Crippen LogP contribution < -0.4 is 5.32 Å². The quantitative estimate of drug-likeness (QED) is 0.838. The fourth-order valence-electron chi connectivity index (χ4n) is 2.57. The van der Waals surface area contributed by atoms with E-state index in [0.717, 1.165) is 31.2 Å². The third-order valence-electron chi connectivity index (χ3n) is 3.94. The highest BCUT2D eigenvalue weighted by molar-refractivity contribution is 6.33. The van der Waals surface area contributed by atoms with E-state index < -0.39 is 0 Å². The van der Waals surface area contributed by atoms with Crippen LogP contribution >= 0.6 is 11.6 Å². The van der Waals surface area contributed by atoms with E-state index >= 15 is 0 Å². The highest BCUT2D eigenvalue weighted by Gasteiger charge is 2.36. The molecule has 0 aliphatic heterocycles. The molecule has 1 aromatic carbocycles. The van der Waals surface area contributed by atoms with Crippen LogP contribution in [0.4, 0.5) is 5.69 Å². The van der Waals surface area contributed by atoms with E-state index in [0.29, 0.717) is 17.1 Å². The van der Waals surface area contributed by atoms with Crippen molar-refractivity contribution in [2.24, 2.45) is 5.41 Å². The van der Waals surface area contributed by atoms with Gasteiger partial charge in [0.1, 0.15) is 0 Å². The average Bonchev–Trinajstić information content (AvgIpc) is 2.91. The number of benzene rings is 1. The molecular formula is C17H20ClNO2. The summed E-state index contributed by atoms with van der Waals surface area (Å²) in [6, 6.07) is 5.32. The molecule has 1 fully saturated rings. The zero-order chi connectivity index (χ0) is 15.3. The minimum absolute atomic E-state index is 0.0300. The molecule has 0 aromatic heterocycles. The van der Waals surface area contributed by atoms with Crippen LogP contribution in [0.1, 0.15) is 44.6 Å². The lowest BCUT2D eigenvalue weighted by Gasteiger charge is -2.22. The average molecular weight is 306 g/mol. The number of aliphatic hydroxyl groups is 1. The predicted molar refractivity (Wildman–Crippen MR) is 85.2 cm³/mol. The van der Waals surface area contributed by atoms with Gasteiger partial charge in [0.2, 0.25) is 5.91 Å². The third-order valence-corrected chi connectivity index (χ3v) is 4.27. The van der Waals surface area contributed by atoms with E-state index in [1.54, 1.807) is 18.2 Å². The molecule has 1 aromatic rings. The Morgan fingerprint density at radius 2 is 2.14 bits per heavy atom. The lowest BCUT2D eigenvalue weighted by atomic mass is 9.88. The summed E-state index contributed by atoms with van der Waals surface area (Å²) in [5.41, 5.74) is 1.09. The zero-order valence-electron chi connectivity index (χ0n) is 12.2. The molecule has 1 amide bonds. The number of nitrogens with one attached hydrogen (secondary N) is 1. The predicted octanol–water partition coefficient (Wildman–Crippen LogP) is 3.59. The number of carbonyl (C=O) groups excluding carboxylic acids is 1. The van der Waals surface area contributed by atoms with Gasteiger partial charge >= 0.3 is 0 Å². The molecule has 0 radical (unpaired) electrons. The number of halogens is 1. The van der Waals surface area contributed by atoms with Crippen LogP contribution in [0.3, 0.4) is 0 Å². The van der Waals surface area contributed by atoms with Crippen molar-refractivity contribution in [1.29, 1.82) is 0 Å². The second-order valence-electron chi connectivity index (χ2n) is 5.69. The lowest BCUT2D eigenvalue weighted by molar-refractivity contribution is -0.124. The van der Waals surface area contributed by atoms with Gasteiger partial charge in [0, 0.05) is 17.4 Å². The van der Waals surface area contributed by atoms with Gasteiger partial charge in [-0.2, -0.15) is 0 Å². The van der Waals surface area contributed by atoms with Crippen molar-refractivity contribution in [3.05, 3.63) is 28.8 Å². The fourth-order valence-corrected chi connectivity index (χ4v) is 2.74. The molecular weight excluding hydrogens is 286 g/mol. The maximum absolute atomic E-state index is 12.4. The molecule has 0 heterocycles. The molecule has 1 aliphatic carbocycles. The molecule has 0 unspecified atom stereocenters. The molecule has 0 atom stereocenters. The van der Waals surface area contributed by atoms with E-state index in [1.165, 1.54) is 0 Å². The Bertz CT molecular complexity index is 580. The molecule has 0 bridgehead atoms. The van der Waals surface area contributed by atoms with Gasteiger partial charge in [-0.25, -0.2) is 0 Å². The van der Waals surface area contributed by atoms with Gasteiger partial charge in [0.15, 0.2) is 0 Å². The second-order valence-corrected chi connectivity index (χ2v) is 6.10. The number of hydrogen-bond donors (Lipinski definition) is 2. The van der Waals surface area contributed by atoms with Gasteiger partial charge in [-0.15, -0.1) is 0 Å². The zero-order valence-corrected chi connectivity index (χ0v) is 13.0. The molecule has 2 rings (SSSR count). The van der Waals surface area contributed by atoms with Crippen molar-refractivity contribution in [3.63, 3.8) is 0 Å². The van der Waals surface area contributed by atoms with E-state index in [9.17, 15) is 4.79 Å². The summed E-state index contributed by atoms with van der Waals surface area (Å²) < 4.78 is 0. The second kappa shape index (κ2) is 6.98. The summed E-state index contributed by atoms with van der Waals surface area (Å²) >= 11 is 6.15. The molecule has 1 aliphatic rings. The molecule has 3 nitrogen and oxygen atoms in total. The van der Waals surface area contributed by atoms with Crippen LogP contribution in [0.5, 0.6) is 0 Å². The van der Waals surface area contributed by atoms with Crippen molar-refractivity contribution in [3.8, 4) is 11.8 Å². The first-order valence-electron chi connectivity index (χ1n) is 7.26. The standard InChI is InChI=1S/C17H20ClNO2/c1-17(9-3-4-10-17)16(21)19-15-12-13(6-2-5-11-20)7-8-14(15)18/h7-8,12,20H,3-5,9-11H2,1H3,(H,19,21). The van der Waals surface area contributed by atoms with Gasteiger partial charge in [0.05, 0.1) is 17.3 Å². The monoisotopic (exact) mass is 305 g/mol. The normalized spacial score (nSPS) is 16.1. The summed E-state index contributed by atoms with van der Waals surface area (Å²) in [5, 5.41) is 12.2. The van der Waals surface area contributed by atoms with Gasteiger partial charge in [-0.05, 0) is 31.0 Å². The van der Waals surface area contributed by atoms with Crippen molar-refractivity contribution in [1.82, 2.24) is 0 Å². The molecule has 21 heavy (non-hydrogen) atoms. The Balaban J connectivity index is 2.14. The minimum atomic E-state index is -0.290. The van der Waals surface area contributed by atoms with Crippen LogP contribution in [-0.4, -0.2) is 17.6 Å². The van der Waals surface area contributed by atoms with Crippen molar-refractivity contribution >= 4 is 23.2 Å². The van der Waals surface area contributed by atoms with Crippen molar-refractivity contribution in [2.45, 2.75) is 39.0 Å². The smallest absolute Gasteiger partial charge is 0.230 e. The van der Waals surface area contributed by atoms with Crippen LogP contribution in [0.15, 0.2) is 18.2 Å². The number of hydrogen-bond acceptors (Lipinski definition) is 2. The van der Waals surface area contributed by atoms with Gasteiger partial charge in [0.25, 0.3) is 0 Å². The summed E-state index contributed by atoms with van der Waals surface area (Å²) in [5.74, 6) is 5.83. The van der Waals surface area contributed by atoms with Gasteiger partial charge in [-0.1, -0.05) is 43.2 Å². The lowest BCUT2D eigenvalue weighted by Crippen LogP contribution is -2.30. The first-order chi connectivity index (χ1) is 10.0. The number of rotatable bonds is 3. The summed E-state index contributed by atoms with van der Waals surface area (Å²) in [6.45, 7) is 2.05. The number of aliphatic hydroxyl groups excluding tert-OH is 1. The van der Waals surface area contributed by atoms with Crippen LogP contribution in [0.2, 0.25) is 5.02 Å². The molecule has 4 heteroatoms. The van der Waals surface area contributed by atoms with Crippen LogP contribution in [0, 0.1) is 17.3 Å². The fraction of sp³-hybridized carbons (Fsp3) is 0.471. The number of carbonyl (C=O) groups is 1. The maximum Gasteiger partial charge on any atom is 0.230 e. The number of anilines is 1. The van der Waals surface area contributed by atoms with E-state index in [4.69, 9.17) is 16.7 Å². The molecule has 112 valence electrons. The van der Waals surface area contributed by atoms with E-state index in [-0.39, 0.29) is 17.9 Å². The summed E-state index contributed by atoms with van der Waals surface area (Å²) in [7, 11) is 0. The SMILES string of the molecule is CC1(C(=O)Nc2cc(C#CCCO)ccc2Cl)CCCC1. The molecule has 1 saturated carbocycles. The number of amides is 1.